The van der Waals surface area contributed by atoms with Crippen molar-refractivity contribution < 1.29 is 12.8 Å². The highest BCUT2D eigenvalue weighted by Gasteiger charge is 2.24. The van der Waals surface area contributed by atoms with Crippen molar-refractivity contribution in [3.63, 3.8) is 0 Å². The Labute approximate surface area is 127 Å². The third kappa shape index (κ3) is 3.39. The lowest BCUT2D eigenvalue weighted by atomic mass is 10.2. The highest BCUT2D eigenvalue weighted by molar-refractivity contribution is 7.89. The average Bonchev–Trinajstić information content (AvgIpc) is 2.93. The summed E-state index contributed by atoms with van der Waals surface area (Å²) in [7, 11) is -2.34. The molecule has 21 heavy (non-hydrogen) atoms. The van der Waals surface area contributed by atoms with Crippen LogP contribution in [0, 0.1) is 12.7 Å². The average molecular weight is 333 g/mol. The summed E-state index contributed by atoms with van der Waals surface area (Å²) in [6.45, 7) is 2.11. The Bertz CT molecular complexity index is 734. The number of hydrogen-bond acceptors (Lipinski definition) is 4. The second-order valence-electron chi connectivity index (χ2n) is 4.56. The first-order valence-corrected chi connectivity index (χ1v) is 7.88. The van der Waals surface area contributed by atoms with E-state index in [-0.39, 0.29) is 22.0 Å². The molecule has 0 radical (unpaired) electrons. The fourth-order valence-corrected chi connectivity index (χ4v) is 3.44. The maximum absolute atomic E-state index is 13.4. The Morgan fingerprint density at radius 1 is 1.33 bits per heavy atom. The summed E-state index contributed by atoms with van der Waals surface area (Å²) in [6, 6.07) is 2.25. The molecule has 0 bridgehead atoms. The van der Waals surface area contributed by atoms with Gasteiger partial charge in [0.15, 0.2) is 0 Å². The zero-order chi connectivity index (χ0) is 15.6. The van der Waals surface area contributed by atoms with E-state index in [1.54, 1.807) is 4.57 Å². The van der Waals surface area contributed by atoms with Gasteiger partial charge in [0.1, 0.15) is 23.4 Å². The van der Waals surface area contributed by atoms with E-state index >= 15 is 0 Å². The number of benzene rings is 1. The van der Waals surface area contributed by atoms with Crippen molar-refractivity contribution in [2.24, 2.45) is 0 Å². The van der Waals surface area contributed by atoms with Gasteiger partial charge in [-0.05, 0) is 24.6 Å². The van der Waals surface area contributed by atoms with E-state index in [2.05, 4.69) is 10.2 Å². The second kappa shape index (κ2) is 6.08. The first kappa shape index (κ1) is 15.9. The van der Waals surface area contributed by atoms with Gasteiger partial charge in [-0.15, -0.1) is 10.2 Å². The molecule has 1 aromatic carbocycles. The van der Waals surface area contributed by atoms with Crippen LogP contribution in [0.3, 0.4) is 0 Å². The number of likely N-dealkylation sites (N-methyl/N-ethyl adjacent to an activating group) is 1. The van der Waals surface area contributed by atoms with E-state index in [4.69, 9.17) is 11.6 Å². The van der Waals surface area contributed by atoms with Crippen molar-refractivity contribution in [2.45, 2.75) is 18.4 Å². The monoisotopic (exact) mass is 332 g/mol. The molecule has 1 aromatic heterocycles. The van der Waals surface area contributed by atoms with Crippen LogP contribution >= 0.6 is 11.6 Å². The van der Waals surface area contributed by atoms with Gasteiger partial charge < -0.3 is 4.57 Å². The zero-order valence-electron chi connectivity index (χ0n) is 11.5. The quantitative estimate of drug-likeness (QED) is 0.835. The third-order valence-corrected chi connectivity index (χ3v) is 5.36. The number of halogens is 2. The van der Waals surface area contributed by atoms with Crippen LogP contribution in [0.1, 0.15) is 5.56 Å². The minimum Gasteiger partial charge on any atom is -0.319 e. The Hall–Kier alpha value is -1.51. The predicted octanol–water partition coefficient (Wildman–Crippen LogP) is 1.70. The Balaban J connectivity index is 2.22. The molecular weight excluding hydrogens is 319 g/mol. The van der Waals surface area contributed by atoms with Crippen molar-refractivity contribution in [1.82, 2.24) is 19.1 Å². The molecule has 2 rings (SSSR count). The molecule has 6 nitrogen and oxygen atoms in total. The van der Waals surface area contributed by atoms with E-state index < -0.39 is 15.8 Å². The van der Waals surface area contributed by atoms with Gasteiger partial charge in [0.05, 0.1) is 5.02 Å². The minimum absolute atomic E-state index is 0.102. The minimum atomic E-state index is -3.78. The van der Waals surface area contributed by atoms with Gasteiger partial charge in [-0.2, -0.15) is 4.31 Å². The molecule has 0 spiro atoms. The maximum Gasteiger partial charge on any atom is 0.244 e. The summed E-state index contributed by atoms with van der Waals surface area (Å²) in [5.41, 5.74) is 0.227. The van der Waals surface area contributed by atoms with E-state index in [9.17, 15) is 12.8 Å². The molecule has 0 atom stereocenters. The molecule has 0 aliphatic carbocycles. The lowest BCUT2D eigenvalue weighted by Gasteiger charge is -2.18. The first-order chi connectivity index (χ1) is 9.82. The number of rotatable bonds is 5. The number of aryl methyl sites for hydroxylation is 1. The number of nitrogens with zero attached hydrogens (tertiary/aromatic N) is 4. The van der Waals surface area contributed by atoms with Crippen LogP contribution in [-0.4, -0.2) is 41.1 Å². The van der Waals surface area contributed by atoms with Crippen molar-refractivity contribution in [2.75, 3.05) is 13.6 Å². The molecule has 0 aliphatic rings. The van der Waals surface area contributed by atoms with Crippen LogP contribution in [0.4, 0.5) is 4.39 Å². The van der Waals surface area contributed by atoms with Crippen molar-refractivity contribution in [1.29, 1.82) is 0 Å². The van der Waals surface area contributed by atoms with E-state index in [0.29, 0.717) is 6.54 Å². The smallest absolute Gasteiger partial charge is 0.244 e. The Morgan fingerprint density at radius 2 is 1.95 bits per heavy atom. The second-order valence-corrected chi connectivity index (χ2v) is 6.98. The fraction of sp³-hybridized carbons (Fsp3) is 0.333. The molecule has 0 N–H and O–H groups in total. The summed E-state index contributed by atoms with van der Waals surface area (Å²) >= 11 is 5.86. The standard InChI is InChI=1S/C12H14ClFN4O2S/c1-9-5-12(10(13)6-11(9)14)21(19,20)17(2)3-4-18-7-15-16-8-18/h5-8H,3-4H2,1-2H3. The van der Waals surface area contributed by atoms with Crippen LogP contribution in [0.15, 0.2) is 29.7 Å². The van der Waals surface area contributed by atoms with Crippen molar-refractivity contribution in [3.05, 3.63) is 41.2 Å². The Morgan fingerprint density at radius 3 is 2.57 bits per heavy atom. The normalized spacial score (nSPS) is 12.0. The molecule has 2 aromatic rings. The van der Waals surface area contributed by atoms with Crippen LogP contribution in [0.5, 0.6) is 0 Å². The predicted molar refractivity (Wildman–Crippen MR) is 76.0 cm³/mol. The van der Waals surface area contributed by atoms with Gasteiger partial charge in [-0.3, -0.25) is 0 Å². The van der Waals surface area contributed by atoms with E-state index in [0.717, 1.165) is 10.4 Å². The van der Waals surface area contributed by atoms with Gasteiger partial charge in [0.2, 0.25) is 10.0 Å². The fourth-order valence-electron chi connectivity index (χ4n) is 1.71. The summed E-state index contributed by atoms with van der Waals surface area (Å²) < 4.78 is 41.1. The van der Waals surface area contributed by atoms with Gasteiger partial charge in [0, 0.05) is 20.1 Å². The molecule has 114 valence electrons. The van der Waals surface area contributed by atoms with Gasteiger partial charge >= 0.3 is 0 Å². The largest absolute Gasteiger partial charge is 0.319 e. The van der Waals surface area contributed by atoms with Gasteiger partial charge in [-0.25, -0.2) is 12.8 Å². The molecule has 1 heterocycles. The first-order valence-electron chi connectivity index (χ1n) is 6.07. The molecule has 0 saturated heterocycles. The lowest BCUT2D eigenvalue weighted by molar-refractivity contribution is 0.445. The summed E-state index contributed by atoms with van der Waals surface area (Å²) in [5, 5.41) is 7.15. The zero-order valence-corrected chi connectivity index (χ0v) is 13.1. The molecular formula is C12H14ClFN4O2S. The van der Waals surface area contributed by atoms with Crippen LogP contribution in [-0.2, 0) is 16.6 Å². The summed E-state index contributed by atoms with van der Waals surface area (Å²) in [4.78, 5) is -0.102. The topological polar surface area (TPSA) is 68.1 Å². The third-order valence-electron chi connectivity index (χ3n) is 3.04. The van der Waals surface area contributed by atoms with Crippen LogP contribution in [0.2, 0.25) is 5.02 Å². The molecule has 0 amide bonds. The summed E-state index contributed by atoms with van der Waals surface area (Å²) in [5.74, 6) is -0.536. The highest BCUT2D eigenvalue weighted by atomic mass is 35.5. The van der Waals surface area contributed by atoms with Crippen molar-refractivity contribution in [3.8, 4) is 0 Å². The molecule has 0 aliphatic heterocycles. The molecule has 0 fully saturated rings. The van der Waals surface area contributed by atoms with Crippen LogP contribution in [0.25, 0.3) is 0 Å². The maximum atomic E-state index is 13.4. The van der Waals surface area contributed by atoms with E-state index in [1.807, 2.05) is 0 Å². The van der Waals surface area contributed by atoms with Gasteiger partial charge in [0.25, 0.3) is 0 Å². The van der Waals surface area contributed by atoms with Gasteiger partial charge in [-0.1, -0.05) is 11.6 Å². The van der Waals surface area contributed by atoms with E-state index in [1.165, 1.54) is 32.7 Å². The highest BCUT2D eigenvalue weighted by Crippen LogP contribution is 2.26. The number of hydrogen-bond donors (Lipinski definition) is 0. The summed E-state index contributed by atoms with van der Waals surface area (Å²) in [6.07, 6.45) is 2.99. The van der Waals surface area contributed by atoms with Crippen molar-refractivity contribution >= 4 is 21.6 Å². The van der Waals surface area contributed by atoms with Crippen LogP contribution < -0.4 is 0 Å². The number of sulfonamides is 1. The lowest BCUT2D eigenvalue weighted by Crippen LogP contribution is -2.30. The molecule has 0 saturated carbocycles. The molecule has 9 heteroatoms. The SMILES string of the molecule is Cc1cc(S(=O)(=O)N(C)CCn2cnnc2)c(Cl)cc1F. The number of aromatic nitrogens is 3. The Kier molecular flexibility index (Phi) is 4.60. The molecule has 0 unspecified atom stereocenters.